The first kappa shape index (κ1) is 16.2. The van der Waals surface area contributed by atoms with E-state index >= 15 is 0 Å². The fraction of sp³-hybridized carbons (Fsp3) is 0.857. The molecule has 21 heavy (non-hydrogen) atoms. The van der Waals surface area contributed by atoms with Crippen LogP contribution in [-0.4, -0.2) is 38.0 Å². The van der Waals surface area contributed by atoms with Crippen LogP contribution in [0.5, 0.6) is 0 Å². The SMILES string of the molecule is CCCNC(C#N)(CC)CCCSc1nnnn1C1CC1. The van der Waals surface area contributed by atoms with E-state index in [0.29, 0.717) is 6.04 Å². The van der Waals surface area contributed by atoms with Crippen molar-refractivity contribution < 1.29 is 0 Å². The molecule has 1 aromatic heterocycles. The predicted octanol–water partition coefficient (Wildman–Crippen LogP) is 2.55. The van der Waals surface area contributed by atoms with Crippen LogP contribution in [0.3, 0.4) is 0 Å². The number of hydrogen-bond acceptors (Lipinski definition) is 6. The van der Waals surface area contributed by atoms with Gasteiger partial charge in [0.2, 0.25) is 5.16 Å². The maximum Gasteiger partial charge on any atom is 0.209 e. The summed E-state index contributed by atoms with van der Waals surface area (Å²) in [5.41, 5.74) is -0.376. The summed E-state index contributed by atoms with van der Waals surface area (Å²) < 4.78 is 1.94. The zero-order valence-electron chi connectivity index (χ0n) is 12.9. The molecule has 1 saturated carbocycles. The van der Waals surface area contributed by atoms with E-state index in [4.69, 9.17) is 0 Å². The van der Waals surface area contributed by atoms with Crippen molar-refractivity contribution >= 4 is 11.8 Å². The van der Waals surface area contributed by atoms with E-state index in [2.05, 4.69) is 40.8 Å². The van der Waals surface area contributed by atoms with Crippen LogP contribution in [0.1, 0.15) is 58.4 Å². The summed E-state index contributed by atoms with van der Waals surface area (Å²) in [7, 11) is 0. The highest BCUT2D eigenvalue weighted by molar-refractivity contribution is 7.99. The Morgan fingerprint density at radius 1 is 1.48 bits per heavy atom. The van der Waals surface area contributed by atoms with Crippen molar-refractivity contribution in [2.24, 2.45) is 0 Å². The highest BCUT2D eigenvalue weighted by Gasteiger charge is 2.28. The Kier molecular flexibility index (Phi) is 6.00. The van der Waals surface area contributed by atoms with Gasteiger partial charge in [0.25, 0.3) is 0 Å². The lowest BCUT2D eigenvalue weighted by Crippen LogP contribution is -2.43. The average Bonchev–Trinajstić information content (AvgIpc) is 3.26. The van der Waals surface area contributed by atoms with Gasteiger partial charge in [-0.2, -0.15) is 5.26 Å². The second-order valence-corrected chi connectivity index (χ2v) is 6.63. The quantitative estimate of drug-likeness (QED) is 0.528. The van der Waals surface area contributed by atoms with E-state index in [0.717, 1.165) is 43.1 Å². The zero-order valence-corrected chi connectivity index (χ0v) is 13.7. The third-order valence-corrected chi connectivity index (χ3v) is 4.89. The predicted molar refractivity (Wildman–Crippen MR) is 83.0 cm³/mol. The minimum atomic E-state index is -0.376. The lowest BCUT2D eigenvalue weighted by molar-refractivity contribution is 0.371. The number of rotatable bonds is 10. The molecule has 7 heteroatoms. The number of hydrogen-bond donors (Lipinski definition) is 1. The van der Waals surface area contributed by atoms with Gasteiger partial charge in [-0.1, -0.05) is 25.6 Å². The van der Waals surface area contributed by atoms with Gasteiger partial charge in [-0.25, -0.2) is 4.68 Å². The standard InChI is InChI=1S/C14H24N6S/c1-3-9-16-14(4-2,11-15)8-5-10-21-13-17-18-19-20(13)12-6-7-12/h12,16H,3-10H2,1-2H3. The van der Waals surface area contributed by atoms with Crippen LogP contribution >= 0.6 is 11.8 Å². The maximum absolute atomic E-state index is 9.46. The van der Waals surface area contributed by atoms with Gasteiger partial charge in [0.15, 0.2) is 0 Å². The molecule has 0 spiro atoms. The molecule has 0 aliphatic heterocycles. The van der Waals surface area contributed by atoms with Crippen LogP contribution in [0.4, 0.5) is 0 Å². The Bertz CT molecular complexity index is 478. The number of thioether (sulfide) groups is 1. The highest BCUT2D eigenvalue weighted by atomic mass is 32.2. The summed E-state index contributed by atoms with van der Waals surface area (Å²) >= 11 is 1.70. The molecule has 0 bridgehead atoms. The Morgan fingerprint density at radius 2 is 2.29 bits per heavy atom. The largest absolute Gasteiger partial charge is 0.299 e. The molecule has 0 radical (unpaired) electrons. The monoisotopic (exact) mass is 308 g/mol. The minimum absolute atomic E-state index is 0.376. The van der Waals surface area contributed by atoms with Gasteiger partial charge in [0.05, 0.1) is 12.1 Å². The molecule has 2 rings (SSSR count). The topological polar surface area (TPSA) is 79.4 Å². The molecule has 1 aliphatic carbocycles. The van der Waals surface area contributed by atoms with Gasteiger partial charge in [-0.15, -0.1) is 5.10 Å². The Balaban J connectivity index is 1.77. The first-order valence-corrected chi connectivity index (χ1v) is 8.80. The van der Waals surface area contributed by atoms with Gasteiger partial charge in [-0.3, -0.25) is 5.32 Å². The van der Waals surface area contributed by atoms with Crippen molar-refractivity contribution in [2.75, 3.05) is 12.3 Å². The lowest BCUT2D eigenvalue weighted by Gasteiger charge is -2.26. The molecule has 1 fully saturated rings. The van der Waals surface area contributed by atoms with Crippen LogP contribution in [0.25, 0.3) is 0 Å². The molecule has 116 valence electrons. The third kappa shape index (κ3) is 4.42. The number of nitrogens with zero attached hydrogens (tertiary/aromatic N) is 5. The first-order chi connectivity index (χ1) is 10.2. The minimum Gasteiger partial charge on any atom is -0.299 e. The number of nitrogens with one attached hydrogen (secondary N) is 1. The molecule has 0 aromatic carbocycles. The maximum atomic E-state index is 9.46. The molecular weight excluding hydrogens is 284 g/mol. The van der Waals surface area contributed by atoms with E-state index in [1.54, 1.807) is 11.8 Å². The number of aromatic nitrogens is 4. The van der Waals surface area contributed by atoms with Crippen LogP contribution in [0.15, 0.2) is 5.16 Å². The summed E-state index contributed by atoms with van der Waals surface area (Å²) in [5.74, 6) is 0.949. The van der Waals surface area contributed by atoms with E-state index in [-0.39, 0.29) is 5.54 Å². The summed E-state index contributed by atoms with van der Waals surface area (Å²) in [5, 5.41) is 25.7. The van der Waals surface area contributed by atoms with E-state index in [1.165, 1.54) is 12.8 Å². The van der Waals surface area contributed by atoms with Gasteiger partial charge in [0.1, 0.15) is 5.54 Å². The summed E-state index contributed by atoms with van der Waals surface area (Å²) in [6.07, 6.45) is 6.13. The van der Waals surface area contributed by atoms with Crippen molar-refractivity contribution in [3.63, 3.8) is 0 Å². The molecule has 1 unspecified atom stereocenters. The highest BCUT2D eigenvalue weighted by Crippen LogP contribution is 2.36. The van der Waals surface area contributed by atoms with E-state index in [9.17, 15) is 5.26 Å². The van der Waals surface area contributed by atoms with Crippen molar-refractivity contribution in [1.82, 2.24) is 25.5 Å². The van der Waals surface area contributed by atoms with Gasteiger partial charge in [-0.05, 0) is 55.5 Å². The molecule has 1 heterocycles. The van der Waals surface area contributed by atoms with Crippen molar-refractivity contribution in [1.29, 1.82) is 5.26 Å². The molecule has 0 amide bonds. The average molecular weight is 308 g/mol. The van der Waals surface area contributed by atoms with Crippen molar-refractivity contribution in [2.45, 2.75) is 69.1 Å². The first-order valence-electron chi connectivity index (χ1n) is 7.81. The number of nitriles is 1. The molecule has 1 N–H and O–H groups in total. The summed E-state index contributed by atoms with van der Waals surface area (Å²) in [4.78, 5) is 0. The molecule has 1 aliphatic rings. The zero-order chi connectivity index (χ0) is 15.1. The fourth-order valence-electron chi connectivity index (χ4n) is 2.30. The smallest absolute Gasteiger partial charge is 0.209 e. The molecule has 1 aromatic rings. The Labute approximate surface area is 130 Å². The second-order valence-electron chi connectivity index (χ2n) is 5.56. The lowest BCUT2D eigenvalue weighted by atomic mass is 9.92. The molecule has 0 saturated heterocycles. The van der Waals surface area contributed by atoms with Crippen LogP contribution in [0, 0.1) is 11.3 Å². The number of tetrazole rings is 1. The Morgan fingerprint density at radius 3 is 2.90 bits per heavy atom. The van der Waals surface area contributed by atoms with Gasteiger partial charge < -0.3 is 0 Å². The Hall–Kier alpha value is -1.13. The molecular formula is C14H24N6S. The normalized spacial score (nSPS) is 17.4. The summed E-state index contributed by atoms with van der Waals surface area (Å²) in [6, 6.07) is 2.98. The second kappa shape index (κ2) is 7.76. The van der Waals surface area contributed by atoms with E-state index < -0.39 is 0 Å². The van der Waals surface area contributed by atoms with Crippen molar-refractivity contribution in [3.05, 3.63) is 0 Å². The fourth-order valence-corrected chi connectivity index (χ4v) is 3.18. The van der Waals surface area contributed by atoms with Gasteiger partial charge >= 0.3 is 0 Å². The third-order valence-electron chi connectivity index (χ3n) is 3.87. The van der Waals surface area contributed by atoms with E-state index in [1.807, 2.05) is 4.68 Å². The van der Waals surface area contributed by atoms with Crippen molar-refractivity contribution in [3.8, 4) is 6.07 Å². The van der Waals surface area contributed by atoms with Crippen LogP contribution < -0.4 is 5.32 Å². The summed E-state index contributed by atoms with van der Waals surface area (Å²) in [6.45, 7) is 5.10. The van der Waals surface area contributed by atoms with Crippen LogP contribution in [0.2, 0.25) is 0 Å². The van der Waals surface area contributed by atoms with Gasteiger partial charge in [0, 0.05) is 5.75 Å². The molecule has 1 atom stereocenters. The van der Waals surface area contributed by atoms with Crippen LogP contribution in [-0.2, 0) is 0 Å². The molecule has 6 nitrogen and oxygen atoms in total.